The Morgan fingerprint density at radius 1 is 1.16 bits per heavy atom. The van der Waals surface area contributed by atoms with Crippen molar-refractivity contribution in [3.05, 3.63) is 64.5 Å². The van der Waals surface area contributed by atoms with Crippen LogP contribution in [0.25, 0.3) is 0 Å². The van der Waals surface area contributed by atoms with Gasteiger partial charge in [-0.25, -0.2) is 18.4 Å². The zero-order chi connectivity index (χ0) is 27.1. The number of benzene rings is 1. The molecule has 1 atom stereocenters. The van der Waals surface area contributed by atoms with Crippen LogP contribution in [0.3, 0.4) is 0 Å². The molecule has 1 aromatic carbocycles. The molecule has 1 aliphatic rings. The average Bonchev–Trinajstić information content (AvgIpc) is 2.76. The summed E-state index contributed by atoms with van der Waals surface area (Å²) in [7, 11) is -3.16. The second kappa shape index (κ2) is 9.65. The minimum atomic E-state index is -4.98. The molecule has 1 fully saturated rings. The van der Waals surface area contributed by atoms with Crippen molar-refractivity contribution >= 4 is 21.3 Å². The van der Waals surface area contributed by atoms with E-state index in [1.54, 1.807) is 0 Å². The summed E-state index contributed by atoms with van der Waals surface area (Å²) in [6.07, 6.45) is -0.548. The van der Waals surface area contributed by atoms with Crippen LogP contribution in [0.4, 0.5) is 27.6 Å². The summed E-state index contributed by atoms with van der Waals surface area (Å²) in [6, 6.07) is 5.36. The first kappa shape index (κ1) is 26.4. The Hall–Kier alpha value is -3.68. The fraction of sp³-hybridized carbons (Fsp3) is 0.304. The predicted molar refractivity (Wildman–Crippen MR) is 122 cm³/mol. The number of alkyl halides is 3. The molecule has 8 nitrogen and oxygen atoms in total. The normalized spacial score (nSPS) is 15.5. The Morgan fingerprint density at radius 3 is 2.46 bits per heavy atom. The number of aromatic nitrogens is 3. The van der Waals surface area contributed by atoms with Crippen molar-refractivity contribution in [2.24, 2.45) is 0 Å². The number of amides is 1. The first-order chi connectivity index (χ1) is 17.3. The Morgan fingerprint density at radius 2 is 1.86 bits per heavy atom. The third kappa shape index (κ3) is 5.38. The summed E-state index contributed by atoms with van der Waals surface area (Å²) >= 11 is 0. The van der Waals surface area contributed by atoms with Crippen molar-refractivity contribution < 1.29 is 35.7 Å². The molecule has 1 saturated carbocycles. The molecular weight excluding hydrogens is 521 g/mol. The van der Waals surface area contributed by atoms with Gasteiger partial charge in [0.2, 0.25) is 5.82 Å². The van der Waals surface area contributed by atoms with E-state index in [0.717, 1.165) is 25.8 Å². The monoisotopic (exact) mass is 541 g/mol. The van der Waals surface area contributed by atoms with Crippen molar-refractivity contribution in [1.29, 1.82) is 4.78 Å². The number of anilines is 1. The maximum Gasteiger partial charge on any atom is 0.435 e. The van der Waals surface area contributed by atoms with Crippen LogP contribution in [0.2, 0.25) is 0 Å². The van der Waals surface area contributed by atoms with Crippen LogP contribution in [0.15, 0.2) is 35.4 Å². The van der Waals surface area contributed by atoms with E-state index in [2.05, 4.69) is 20.5 Å². The molecule has 4 rings (SSSR count). The molecule has 196 valence electrons. The van der Waals surface area contributed by atoms with Crippen LogP contribution in [-0.2, 0) is 15.9 Å². The average molecular weight is 542 g/mol. The number of hydrogen-bond acceptors (Lipinski definition) is 7. The molecular formula is C23H20F5N5O3S. The second-order valence-corrected chi connectivity index (χ2v) is 10.7. The van der Waals surface area contributed by atoms with Gasteiger partial charge in [-0.1, -0.05) is 12.5 Å². The van der Waals surface area contributed by atoms with Gasteiger partial charge in [-0.15, -0.1) is 10.2 Å². The van der Waals surface area contributed by atoms with Gasteiger partial charge >= 0.3 is 6.18 Å². The van der Waals surface area contributed by atoms with Crippen LogP contribution in [0.1, 0.15) is 52.4 Å². The lowest BCUT2D eigenvalue weighted by Crippen LogP contribution is -2.21. The van der Waals surface area contributed by atoms with Gasteiger partial charge in [-0.3, -0.25) is 4.79 Å². The lowest BCUT2D eigenvalue weighted by molar-refractivity contribution is -0.142. The van der Waals surface area contributed by atoms with Crippen molar-refractivity contribution in [2.45, 2.75) is 43.2 Å². The standard InChI is InChI=1S/C23H20F5N5O3S/c1-11-16(20(34)31-13-7-4-8-14(9-13)37(2,29)35)21(33-32-19(11)23(26,27)28)36-22-18(25)17(24)15(10-30-22)12-5-3-6-12/h4,7-10,12,29H,3,5-6H2,1-2H3,(H,31,34). The highest BCUT2D eigenvalue weighted by Crippen LogP contribution is 2.40. The van der Waals surface area contributed by atoms with E-state index in [1.807, 2.05) is 0 Å². The van der Waals surface area contributed by atoms with Gasteiger partial charge < -0.3 is 10.1 Å². The fourth-order valence-corrected chi connectivity index (χ4v) is 4.44. The molecule has 2 N–H and O–H groups in total. The van der Waals surface area contributed by atoms with Crippen LogP contribution < -0.4 is 10.1 Å². The Kier molecular flexibility index (Phi) is 6.88. The lowest BCUT2D eigenvalue weighted by atomic mass is 9.80. The first-order valence-electron chi connectivity index (χ1n) is 10.9. The van der Waals surface area contributed by atoms with Crippen LogP contribution in [-0.4, -0.2) is 31.6 Å². The zero-order valence-corrected chi connectivity index (χ0v) is 20.3. The summed E-state index contributed by atoms with van der Waals surface area (Å²) in [6.45, 7) is 0.947. The quantitative estimate of drug-likeness (QED) is 0.380. The molecule has 0 radical (unpaired) electrons. The molecule has 2 heterocycles. The SMILES string of the molecule is Cc1c(C(F)(F)F)nnc(Oc2ncc(C3CCC3)c(F)c2F)c1C(=O)Nc1cccc(S(C)(=N)=O)c1. The van der Waals surface area contributed by atoms with Gasteiger partial charge in [-0.05, 0) is 49.4 Å². The zero-order valence-electron chi connectivity index (χ0n) is 19.4. The molecule has 1 unspecified atom stereocenters. The molecule has 0 aliphatic heterocycles. The van der Waals surface area contributed by atoms with Crippen molar-refractivity contribution in [3.63, 3.8) is 0 Å². The van der Waals surface area contributed by atoms with Gasteiger partial charge in [-0.2, -0.15) is 17.6 Å². The van der Waals surface area contributed by atoms with Crippen LogP contribution in [0, 0.1) is 23.3 Å². The van der Waals surface area contributed by atoms with Gasteiger partial charge in [0, 0.05) is 28.6 Å². The van der Waals surface area contributed by atoms with Gasteiger partial charge in [0.05, 0.1) is 9.73 Å². The number of nitrogens with zero attached hydrogens (tertiary/aromatic N) is 3. The summed E-state index contributed by atoms with van der Waals surface area (Å²) in [5.74, 6) is -5.78. The second-order valence-electron chi connectivity index (χ2n) is 8.55. The molecule has 3 aromatic rings. The summed E-state index contributed by atoms with van der Waals surface area (Å²) < 4.78 is 94.7. The molecule has 1 amide bonds. The van der Waals surface area contributed by atoms with Gasteiger partial charge in [0.25, 0.3) is 17.7 Å². The Bertz CT molecular complexity index is 1490. The first-order valence-corrected chi connectivity index (χ1v) is 12.9. The van der Waals surface area contributed by atoms with Crippen molar-refractivity contribution in [2.75, 3.05) is 11.6 Å². The number of rotatable bonds is 6. The van der Waals surface area contributed by atoms with Gasteiger partial charge in [0.15, 0.2) is 11.5 Å². The Balaban J connectivity index is 1.75. The smallest absolute Gasteiger partial charge is 0.415 e. The van der Waals surface area contributed by atoms with Crippen LogP contribution in [0.5, 0.6) is 11.8 Å². The number of carbonyl (C=O) groups is 1. The third-order valence-electron chi connectivity index (χ3n) is 5.92. The minimum Gasteiger partial charge on any atom is -0.415 e. The predicted octanol–water partition coefficient (Wildman–Crippen LogP) is 5.82. The summed E-state index contributed by atoms with van der Waals surface area (Å²) in [5.41, 5.74) is -2.84. The highest BCUT2D eigenvalue weighted by atomic mass is 32.2. The molecule has 0 bridgehead atoms. The Labute approximate surface area is 208 Å². The minimum absolute atomic E-state index is 0.0141. The third-order valence-corrected chi connectivity index (χ3v) is 7.07. The lowest BCUT2D eigenvalue weighted by Gasteiger charge is -2.26. The maximum atomic E-state index is 14.7. The van der Waals surface area contributed by atoms with E-state index in [4.69, 9.17) is 9.52 Å². The highest BCUT2D eigenvalue weighted by molar-refractivity contribution is 7.91. The van der Waals surface area contributed by atoms with E-state index in [-0.39, 0.29) is 22.1 Å². The van der Waals surface area contributed by atoms with E-state index in [9.17, 15) is 31.0 Å². The molecule has 0 saturated heterocycles. The van der Waals surface area contributed by atoms with Crippen molar-refractivity contribution in [1.82, 2.24) is 15.2 Å². The summed E-state index contributed by atoms with van der Waals surface area (Å²) in [4.78, 5) is 16.9. The number of hydrogen-bond donors (Lipinski definition) is 2. The molecule has 14 heteroatoms. The maximum absolute atomic E-state index is 14.7. The molecule has 0 spiro atoms. The molecule has 37 heavy (non-hydrogen) atoms. The largest absolute Gasteiger partial charge is 0.435 e. The van der Waals surface area contributed by atoms with Crippen molar-refractivity contribution in [3.8, 4) is 11.8 Å². The summed E-state index contributed by atoms with van der Waals surface area (Å²) in [5, 5.41) is 8.72. The number of nitrogens with one attached hydrogen (secondary N) is 2. The van der Waals surface area contributed by atoms with E-state index < -0.39 is 62.0 Å². The highest BCUT2D eigenvalue weighted by Gasteiger charge is 2.38. The number of carbonyl (C=O) groups excluding carboxylic acids is 1. The van der Waals surface area contributed by atoms with E-state index in [1.165, 1.54) is 24.3 Å². The molecule has 2 aromatic heterocycles. The number of halogens is 5. The topological polar surface area (TPSA) is 118 Å². The van der Waals surface area contributed by atoms with E-state index >= 15 is 0 Å². The van der Waals surface area contributed by atoms with Crippen LogP contribution >= 0.6 is 0 Å². The van der Waals surface area contributed by atoms with E-state index in [0.29, 0.717) is 12.8 Å². The number of pyridine rings is 1. The van der Waals surface area contributed by atoms with Gasteiger partial charge in [0.1, 0.15) is 5.56 Å². The number of ether oxygens (including phenoxy) is 1. The fourth-order valence-electron chi connectivity index (χ4n) is 3.75. The molecule has 1 aliphatic carbocycles.